The fraction of sp³-hybridized carbons (Fsp3) is 0.733. The Morgan fingerprint density at radius 3 is 1.76 bits per heavy atom. The Labute approximate surface area is 152 Å². The maximum Gasteiger partial charge on any atom is 0.327 e. The first kappa shape index (κ1) is 23.2. The molecule has 0 aromatic rings. The normalized spacial score (nSPS) is 15.6. The summed E-state index contributed by atoms with van der Waals surface area (Å²) in [5, 5.41) is 16.0. The van der Waals surface area contributed by atoms with Gasteiger partial charge < -0.3 is 26.8 Å². The van der Waals surface area contributed by atoms with Gasteiger partial charge in [0, 0.05) is 5.75 Å². The van der Waals surface area contributed by atoms with E-state index in [-0.39, 0.29) is 11.7 Å². The molecule has 0 rings (SSSR count). The molecule has 144 valence electrons. The third-order valence-corrected chi connectivity index (χ3v) is 3.73. The fourth-order valence-electron chi connectivity index (χ4n) is 1.89. The molecule has 0 aliphatic carbocycles. The number of hydrogen-bond donors (Lipinski definition) is 6. The van der Waals surface area contributed by atoms with E-state index in [1.807, 2.05) is 13.8 Å². The quantitative estimate of drug-likeness (QED) is 0.266. The maximum atomic E-state index is 12.0. The van der Waals surface area contributed by atoms with Crippen LogP contribution in [-0.2, 0) is 19.2 Å². The second kappa shape index (κ2) is 10.9. The molecule has 0 bridgehead atoms. The molecule has 0 aromatic heterocycles. The lowest BCUT2D eigenvalue weighted by Crippen LogP contribution is -2.55. The topological polar surface area (TPSA) is 151 Å². The number of nitrogens with two attached hydrogens (primary N) is 1. The van der Waals surface area contributed by atoms with Gasteiger partial charge in [-0.05, 0) is 26.2 Å². The molecule has 10 heteroatoms. The van der Waals surface area contributed by atoms with Crippen LogP contribution in [0.25, 0.3) is 0 Å². The first-order valence-corrected chi connectivity index (χ1v) is 8.63. The third-order valence-electron chi connectivity index (χ3n) is 3.36. The SMILES string of the molecule is CC(C)CC(N)C(=O)NC(C)C(=O)NC(C)C(=O)NC(CS)C(=O)O. The van der Waals surface area contributed by atoms with Crippen LogP contribution < -0.4 is 21.7 Å². The Bertz CT molecular complexity index is 500. The summed E-state index contributed by atoms with van der Waals surface area (Å²) in [5.74, 6) is -2.75. The van der Waals surface area contributed by atoms with Crippen molar-refractivity contribution in [2.45, 2.75) is 58.3 Å². The molecule has 0 spiro atoms. The van der Waals surface area contributed by atoms with Crippen molar-refractivity contribution in [3.8, 4) is 0 Å². The van der Waals surface area contributed by atoms with Gasteiger partial charge in [-0.3, -0.25) is 14.4 Å². The minimum Gasteiger partial charge on any atom is -0.480 e. The molecule has 0 aromatic carbocycles. The lowest BCUT2D eigenvalue weighted by Gasteiger charge is -2.21. The highest BCUT2D eigenvalue weighted by Gasteiger charge is 2.25. The molecule has 0 radical (unpaired) electrons. The predicted molar refractivity (Wildman–Crippen MR) is 96.1 cm³/mol. The Balaban J connectivity index is 4.53. The number of carbonyl (C=O) groups is 4. The number of rotatable bonds is 10. The predicted octanol–water partition coefficient (Wildman–Crippen LogP) is -1.13. The van der Waals surface area contributed by atoms with E-state index in [9.17, 15) is 19.2 Å². The van der Waals surface area contributed by atoms with Crippen molar-refractivity contribution >= 4 is 36.3 Å². The molecular weight excluding hydrogens is 348 g/mol. The summed E-state index contributed by atoms with van der Waals surface area (Å²) in [6.45, 7) is 6.73. The minimum absolute atomic E-state index is 0.0814. The number of carbonyl (C=O) groups excluding carboxylic acids is 3. The highest BCUT2D eigenvalue weighted by molar-refractivity contribution is 7.80. The van der Waals surface area contributed by atoms with Gasteiger partial charge in [0.05, 0.1) is 6.04 Å². The molecule has 3 amide bonds. The van der Waals surface area contributed by atoms with Crippen LogP contribution in [0.5, 0.6) is 0 Å². The van der Waals surface area contributed by atoms with Gasteiger partial charge in [0.15, 0.2) is 0 Å². The molecule has 0 aliphatic heterocycles. The number of carboxylic acid groups (broad SMARTS) is 1. The van der Waals surface area contributed by atoms with E-state index in [0.717, 1.165) is 0 Å². The standard InChI is InChI=1S/C15H28N4O5S/c1-7(2)5-10(16)14(22)18-8(3)12(20)17-9(4)13(21)19-11(6-25)15(23)24/h7-11,25H,5-6,16H2,1-4H3,(H,17,20)(H,18,22)(H,19,21)(H,23,24). The van der Waals surface area contributed by atoms with Crippen LogP contribution in [0.1, 0.15) is 34.1 Å². The van der Waals surface area contributed by atoms with Gasteiger partial charge in [-0.15, -0.1) is 0 Å². The summed E-state index contributed by atoms with van der Waals surface area (Å²) >= 11 is 3.84. The largest absolute Gasteiger partial charge is 0.480 e. The van der Waals surface area contributed by atoms with Crippen LogP contribution >= 0.6 is 12.6 Å². The molecule has 4 atom stereocenters. The number of nitrogens with one attached hydrogen (secondary N) is 3. The van der Waals surface area contributed by atoms with E-state index < -0.39 is 47.9 Å². The van der Waals surface area contributed by atoms with Crippen molar-refractivity contribution in [1.82, 2.24) is 16.0 Å². The van der Waals surface area contributed by atoms with Crippen molar-refractivity contribution in [2.24, 2.45) is 11.7 Å². The Morgan fingerprint density at radius 1 is 0.920 bits per heavy atom. The summed E-state index contributed by atoms with van der Waals surface area (Å²) in [6.07, 6.45) is 0.485. The van der Waals surface area contributed by atoms with Crippen LogP contribution in [0.3, 0.4) is 0 Å². The molecule has 9 nitrogen and oxygen atoms in total. The molecule has 0 heterocycles. The first-order chi connectivity index (χ1) is 11.5. The van der Waals surface area contributed by atoms with E-state index in [2.05, 4.69) is 28.6 Å². The van der Waals surface area contributed by atoms with Gasteiger partial charge in [-0.25, -0.2) is 4.79 Å². The number of hydrogen-bond acceptors (Lipinski definition) is 6. The summed E-state index contributed by atoms with van der Waals surface area (Å²) in [7, 11) is 0. The van der Waals surface area contributed by atoms with Crippen molar-refractivity contribution in [3.63, 3.8) is 0 Å². The monoisotopic (exact) mass is 376 g/mol. The lowest BCUT2D eigenvalue weighted by molar-refractivity contribution is -0.141. The van der Waals surface area contributed by atoms with Crippen molar-refractivity contribution in [1.29, 1.82) is 0 Å². The zero-order chi connectivity index (χ0) is 19.7. The van der Waals surface area contributed by atoms with Gasteiger partial charge in [0.1, 0.15) is 18.1 Å². The first-order valence-electron chi connectivity index (χ1n) is 7.99. The van der Waals surface area contributed by atoms with Gasteiger partial charge in [-0.2, -0.15) is 12.6 Å². The summed E-state index contributed by atoms with van der Waals surface area (Å²) in [6, 6.07) is -3.73. The molecule has 4 unspecified atom stereocenters. The zero-order valence-corrected chi connectivity index (χ0v) is 15.8. The molecule has 0 saturated heterocycles. The van der Waals surface area contributed by atoms with Gasteiger partial charge >= 0.3 is 5.97 Å². The average Bonchev–Trinajstić information content (AvgIpc) is 2.50. The third kappa shape index (κ3) is 8.73. The molecular formula is C15H28N4O5S. The Hall–Kier alpha value is -1.81. The van der Waals surface area contributed by atoms with Gasteiger partial charge in [0.25, 0.3) is 0 Å². The average molecular weight is 376 g/mol. The van der Waals surface area contributed by atoms with E-state index in [4.69, 9.17) is 10.8 Å². The van der Waals surface area contributed by atoms with Crippen LogP contribution in [0, 0.1) is 5.92 Å². The van der Waals surface area contributed by atoms with Gasteiger partial charge in [-0.1, -0.05) is 13.8 Å². The van der Waals surface area contributed by atoms with Gasteiger partial charge in [0.2, 0.25) is 17.7 Å². The second-order valence-corrected chi connectivity index (χ2v) is 6.64. The van der Waals surface area contributed by atoms with E-state index >= 15 is 0 Å². The molecule has 6 N–H and O–H groups in total. The summed E-state index contributed by atoms with van der Waals surface area (Å²) in [4.78, 5) is 46.7. The van der Waals surface area contributed by atoms with Crippen LogP contribution in [0.15, 0.2) is 0 Å². The summed E-state index contributed by atoms with van der Waals surface area (Å²) in [5.41, 5.74) is 5.74. The molecule has 0 aliphatic rings. The van der Waals surface area contributed by atoms with Crippen molar-refractivity contribution in [2.75, 3.05) is 5.75 Å². The lowest BCUT2D eigenvalue weighted by atomic mass is 10.0. The highest BCUT2D eigenvalue weighted by atomic mass is 32.1. The number of aliphatic carboxylic acids is 1. The fourth-order valence-corrected chi connectivity index (χ4v) is 2.13. The van der Waals surface area contributed by atoms with Crippen LogP contribution in [0.4, 0.5) is 0 Å². The zero-order valence-electron chi connectivity index (χ0n) is 14.9. The van der Waals surface area contributed by atoms with Crippen LogP contribution in [0.2, 0.25) is 0 Å². The molecule has 0 fully saturated rings. The maximum absolute atomic E-state index is 12.0. The number of carboxylic acids is 1. The van der Waals surface area contributed by atoms with Crippen molar-refractivity contribution in [3.05, 3.63) is 0 Å². The Morgan fingerprint density at radius 2 is 1.36 bits per heavy atom. The van der Waals surface area contributed by atoms with E-state index in [1.165, 1.54) is 13.8 Å². The van der Waals surface area contributed by atoms with Crippen molar-refractivity contribution < 1.29 is 24.3 Å². The molecule has 25 heavy (non-hydrogen) atoms. The van der Waals surface area contributed by atoms with Crippen LogP contribution in [-0.4, -0.2) is 58.7 Å². The number of amides is 3. The smallest absolute Gasteiger partial charge is 0.327 e. The van der Waals surface area contributed by atoms with E-state index in [1.54, 1.807) is 0 Å². The highest BCUT2D eigenvalue weighted by Crippen LogP contribution is 2.03. The van der Waals surface area contributed by atoms with E-state index in [0.29, 0.717) is 6.42 Å². The Kier molecular flexibility index (Phi) is 10.1. The minimum atomic E-state index is -1.22. The number of thiol groups is 1. The second-order valence-electron chi connectivity index (χ2n) is 6.28. The molecule has 0 saturated carbocycles. The summed E-state index contributed by atoms with van der Waals surface area (Å²) < 4.78 is 0.